The first kappa shape index (κ1) is 8.82. The lowest BCUT2D eigenvalue weighted by molar-refractivity contribution is 0.0440. The van der Waals surface area contributed by atoms with Crippen LogP contribution in [-0.4, -0.2) is 11.6 Å². The number of alkyl halides is 2. The Morgan fingerprint density at radius 3 is 1.11 bits per heavy atom. The molecule has 0 aliphatic rings. The van der Waals surface area contributed by atoms with Crippen LogP contribution < -0.4 is 5.32 Å². The fraction of sp³-hybridized carbons (Fsp3) is 1.00. The summed E-state index contributed by atoms with van der Waals surface area (Å²) in [6, 6.07) is 0. The molecule has 0 rings (SSSR count). The number of halogens is 2. The lowest BCUT2D eigenvalue weighted by Crippen LogP contribution is -2.46. The zero-order valence-corrected chi connectivity index (χ0v) is 6.26. The molecule has 0 heterocycles. The second kappa shape index (κ2) is 2.21. The third kappa shape index (κ3) is 7.82. The van der Waals surface area contributed by atoms with Crippen LogP contribution in [0.25, 0.3) is 0 Å². The molecule has 0 aromatic rings. The van der Waals surface area contributed by atoms with Crippen LogP contribution >= 0.6 is 0 Å². The molecule has 0 saturated heterocycles. The Hall–Kier alpha value is -0.180. The van der Waals surface area contributed by atoms with Crippen LogP contribution in [0, 0.1) is 0 Å². The Balaban J connectivity index is 3.75. The first-order chi connectivity index (χ1) is 3.71. The van der Waals surface area contributed by atoms with Gasteiger partial charge in [-0.25, -0.2) is 8.78 Å². The summed E-state index contributed by atoms with van der Waals surface area (Å²) in [6.45, 7) is 5.09. The van der Waals surface area contributed by atoms with Crippen LogP contribution in [0.4, 0.5) is 8.78 Å². The summed E-state index contributed by atoms with van der Waals surface area (Å²) in [5, 5.41) is 2.12. The predicted molar refractivity (Wildman–Crippen MR) is 33.5 cm³/mol. The standard InChI is InChI=1S/C6H13F2N/c1-5(2,7)9-6(3,4)8/h9H,1-4H3. The fourth-order valence-corrected chi connectivity index (χ4v) is 0.707. The Morgan fingerprint density at radius 2 is 1.11 bits per heavy atom. The Bertz CT molecular complexity index is 76.2. The van der Waals surface area contributed by atoms with Crippen molar-refractivity contribution in [3.05, 3.63) is 0 Å². The van der Waals surface area contributed by atoms with Crippen molar-refractivity contribution in [2.45, 2.75) is 39.3 Å². The van der Waals surface area contributed by atoms with E-state index < -0.39 is 11.6 Å². The van der Waals surface area contributed by atoms with Gasteiger partial charge in [0.2, 0.25) is 0 Å². The van der Waals surface area contributed by atoms with E-state index >= 15 is 0 Å². The molecule has 0 saturated carbocycles. The van der Waals surface area contributed by atoms with Crippen LogP contribution in [0.2, 0.25) is 0 Å². The summed E-state index contributed by atoms with van der Waals surface area (Å²) in [5.74, 6) is -3.28. The molecule has 0 unspecified atom stereocenters. The minimum Gasteiger partial charge on any atom is -0.254 e. The summed E-state index contributed by atoms with van der Waals surface area (Å²) in [7, 11) is 0. The van der Waals surface area contributed by atoms with Gasteiger partial charge in [-0.15, -0.1) is 0 Å². The Labute approximate surface area is 54.4 Å². The zero-order valence-electron chi connectivity index (χ0n) is 6.26. The fourth-order valence-electron chi connectivity index (χ4n) is 0.707. The highest BCUT2D eigenvalue weighted by Gasteiger charge is 2.25. The highest BCUT2D eigenvalue weighted by molar-refractivity contribution is 4.71. The maximum Gasteiger partial charge on any atom is 0.158 e. The first-order valence-electron chi connectivity index (χ1n) is 2.88. The van der Waals surface area contributed by atoms with Crippen molar-refractivity contribution in [2.75, 3.05) is 0 Å². The molecule has 0 fully saturated rings. The van der Waals surface area contributed by atoms with E-state index in [9.17, 15) is 8.78 Å². The molecule has 0 spiro atoms. The van der Waals surface area contributed by atoms with Crippen molar-refractivity contribution >= 4 is 0 Å². The average Bonchev–Trinajstić information content (AvgIpc) is 1.14. The molecule has 9 heavy (non-hydrogen) atoms. The summed E-state index contributed by atoms with van der Waals surface area (Å²) < 4.78 is 25.1. The molecule has 56 valence electrons. The molecule has 0 aromatic heterocycles. The highest BCUT2D eigenvalue weighted by Crippen LogP contribution is 2.12. The topological polar surface area (TPSA) is 12.0 Å². The van der Waals surface area contributed by atoms with Gasteiger partial charge in [-0.2, -0.15) is 0 Å². The second-order valence-electron chi connectivity index (χ2n) is 3.07. The van der Waals surface area contributed by atoms with Gasteiger partial charge in [0.1, 0.15) is 0 Å². The van der Waals surface area contributed by atoms with Gasteiger partial charge in [-0.3, -0.25) is 5.32 Å². The molecule has 0 radical (unpaired) electrons. The van der Waals surface area contributed by atoms with E-state index in [2.05, 4.69) is 5.32 Å². The van der Waals surface area contributed by atoms with Crippen molar-refractivity contribution in [1.82, 2.24) is 5.32 Å². The third-order valence-electron chi connectivity index (χ3n) is 0.594. The van der Waals surface area contributed by atoms with E-state index in [1.165, 1.54) is 27.7 Å². The molecule has 0 atom stereocenters. The van der Waals surface area contributed by atoms with Crippen LogP contribution in [0.15, 0.2) is 0 Å². The van der Waals surface area contributed by atoms with Gasteiger partial charge < -0.3 is 0 Å². The minimum atomic E-state index is -1.64. The van der Waals surface area contributed by atoms with Gasteiger partial charge in [-0.1, -0.05) is 0 Å². The van der Waals surface area contributed by atoms with Crippen molar-refractivity contribution in [3.63, 3.8) is 0 Å². The Kier molecular flexibility index (Phi) is 2.17. The maximum absolute atomic E-state index is 12.5. The number of hydrogen-bond donors (Lipinski definition) is 1. The SMILES string of the molecule is CC(C)(F)NC(C)(C)F. The summed E-state index contributed by atoms with van der Waals surface area (Å²) in [6.07, 6.45) is 0. The number of rotatable bonds is 2. The van der Waals surface area contributed by atoms with Gasteiger partial charge in [-0.05, 0) is 27.7 Å². The molecule has 0 aliphatic carbocycles. The van der Waals surface area contributed by atoms with E-state index in [1.54, 1.807) is 0 Å². The number of hydrogen-bond acceptors (Lipinski definition) is 1. The monoisotopic (exact) mass is 137 g/mol. The van der Waals surface area contributed by atoms with Gasteiger partial charge in [0.15, 0.2) is 11.6 Å². The van der Waals surface area contributed by atoms with E-state index in [0.29, 0.717) is 0 Å². The van der Waals surface area contributed by atoms with Crippen molar-refractivity contribution < 1.29 is 8.78 Å². The quantitative estimate of drug-likeness (QED) is 0.574. The van der Waals surface area contributed by atoms with Crippen LogP contribution in [-0.2, 0) is 0 Å². The van der Waals surface area contributed by atoms with Gasteiger partial charge in [0.05, 0.1) is 0 Å². The summed E-state index contributed by atoms with van der Waals surface area (Å²) in [5.41, 5.74) is 0. The molecule has 1 N–H and O–H groups in total. The largest absolute Gasteiger partial charge is 0.254 e. The Morgan fingerprint density at radius 1 is 0.889 bits per heavy atom. The molecule has 0 amide bonds. The molecule has 0 aliphatic heterocycles. The van der Waals surface area contributed by atoms with Crippen molar-refractivity contribution in [1.29, 1.82) is 0 Å². The van der Waals surface area contributed by atoms with Crippen LogP contribution in [0.5, 0.6) is 0 Å². The average molecular weight is 137 g/mol. The molecular formula is C6H13F2N. The van der Waals surface area contributed by atoms with Gasteiger partial charge in [0.25, 0.3) is 0 Å². The number of nitrogens with one attached hydrogen (secondary N) is 1. The smallest absolute Gasteiger partial charge is 0.158 e. The molecule has 0 bridgehead atoms. The van der Waals surface area contributed by atoms with Crippen LogP contribution in [0.3, 0.4) is 0 Å². The maximum atomic E-state index is 12.5. The molecular weight excluding hydrogens is 124 g/mol. The molecule has 0 aromatic carbocycles. The van der Waals surface area contributed by atoms with E-state index in [1.807, 2.05) is 0 Å². The van der Waals surface area contributed by atoms with E-state index in [-0.39, 0.29) is 0 Å². The minimum absolute atomic E-state index is 1.27. The normalized spacial score (nSPS) is 14.0. The van der Waals surface area contributed by atoms with E-state index in [0.717, 1.165) is 0 Å². The second-order valence-corrected chi connectivity index (χ2v) is 3.07. The van der Waals surface area contributed by atoms with E-state index in [4.69, 9.17) is 0 Å². The third-order valence-corrected chi connectivity index (χ3v) is 0.594. The lowest BCUT2D eigenvalue weighted by atomic mass is 10.2. The molecule has 3 heteroatoms. The van der Waals surface area contributed by atoms with Crippen LogP contribution in [0.1, 0.15) is 27.7 Å². The summed E-state index contributed by atoms with van der Waals surface area (Å²) in [4.78, 5) is 0. The predicted octanol–water partition coefficient (Wildman–Crippen LogP) is 1.99. The molecule has 1 nitrogen and oxygen atoms in total. The van der Waals surface area contributed by atoms with Gasteiger partial charge in [0, 0.05) is 0 Å². The van der Waals surface area contributed by atoms with Crippen molar-refractivity contribution in [3.8, 4) is 0 Å². The first-order valence-corrected chi connectivity index (χ1v) is 2.88. The van der Waals surface area contributed by atoms with Gasteiger partial charge >= 0.3 is 0 Å². The lowest BCUT2D eigenvalue weighted by Gasteiger charge is -2.24. The highest BCUT2D eigenvalue weighted by atomic mass is 19.2. The van der Waals surface area contributed by atoms with Crippen molar-refractivity contribution in [2.24, 2.45) is 0 Å². The zero-order chi connectivity index (χ0) is 7.71. The summed E-state index contributed by atoms with van der Waals surface area (Å²) >= 11 is 0.